The Morgan fingerprint density at radius 1 is 1.45 bits per heavy atom. The molecule has 1 heterocycles. The van der Waals surface area contributed by atoms with Crippen molar-refractivity contribution in [2.24, 2.45) is 0 Å². The van der Waals surface area contributed by atoms with Crippen molar-refractivity contribution in [1.82, 2.24) is 5.32 Å². The fourth-order valence-electron chi connectivity index (χ4n) is 1.37. The zero-order valence-electron chi connectivity index (χ0n) is 11.9. The summed E-state index contributed by atoms with van der Waals surface area (Å²) in [6, 6.07) is 3.67. The molecule has 1 N–H and O–H groups in total. The molecule has 1 aromatic rings. The molecule has 0 radical (unpaired) electrons. The summed E-state index contributed by atoms with van der Waals surface area (Å²) >= 11 is 1.45. The summed E-state index contributed by atoms with van der Waals surface area (Å²) in [5.74, 6) is 0. The maximum absolute atomic E-state index is 11.7. The first kappa shape index (κ1) is 16.9. The lowest BCUT2D eigenvalue weighted by Crippen LogP contribution is -2.42. The molecule has 0 aliphatic carbocycles. The Morgan fingerprint density at radius 3 is 2.55 bits per heavy atom. The first-order chi connectivity index (χ1) is 9.05. The predicted octanol–water partition coefficient (Wildman–Crippen LogP) is 2.12. The van der Waals surface area contributed by atoms with E-state index in [4.69, 9.17) is 8.92 Å². The van der Waals surface area contributed by atoms with Crippen LogP contribution in [0, 0.1) is 0 Å². The highest BCUT2D eigenvalue weighted by atomic mass is 32.2. The Kier molecular flexibility index (Phi) is 5.55. The van der Waals surface area contributed by atoms with Crippen LogP contribution in [0.4, 0.5) is 4.79 Å². The zero-order chi connectivity index (χ0) is 15.4. The molecule has 8 heteroatoms. The van der Waals surface area contributed by atoms with Gasteiger partial charge in [-0.05, 0) is 32.2 Å². The van der Waals surface area contributed by atoms with E-state index in [2.05, 4.69) is 5.32 Å². The molecule has 114 valence electrons. The number of hydrogen-bond acceptors (Lipinski definition) is 6. The normalized spacial score (nSPS) is 13.8. The summed E-state index contributed by atoms with van der Waals surface area (Å²) in [4.78, 5) is 12.6. The van der Waals surface area contributed by atoms with Crippen molar-refractivity contribution in [2.75, 3.05) is 6.26 Å². The van der Waals surface area contributed by atoms with Crippen molar-refractivity contribution in [3.8, 4) is 0 Å². The summed E-state index contributed by atoms with van der Waals surface area (Å²) in [5.41, 5.74) is -0.664. The molecular weight excluding hydrogens is 302 g/mol. The second kappa shape index (κ2) is 6.55. The molecule has 1 atom stereocenters. The Bertz CT molecular complexity index is 531. The third kappa shape index (κ3) is 7.46. The molecule has 0 saturated heterocycles. The monoisotopic (exact) mass is 321 g/mol. The van der Waals surface area contributed by atoms with E-state index in [0.717, 1.165) is 11.1 Å². The van der Waals surface area contributed by atoms with Gasteiger partial charge in [-0.25, -0.2) is 8.98 Å². The standard InChI is InChI=1S/C12H19NO5S2/c1-12(2,3)17-11(14)13-10(18-20(4,15)16)8-9-6-5-7-19-9/h5-7,10H,8H2,1-4H3,(H,13,14)/t10-/m0/s1. The Hall–Kier alpha value is -1.12. The van der Waals surface area contributed by atoms with Crippen LogP contribution in [0.3, 0.4) is 0 Å². The van der Waals surface area contributed by atoms with Gasteiger partial charge in [0.05, 0.1) is 6.26 Å². The largest absolute Gasteiger partial charge is 0.444 e. The van der Waals surface area contributed by atoms with Gasteiger partial charge in [0, 0.05) is 11.3 Å². The second-order valence-corrected chi connectivity index (χ2v) is 7.85. The zero-order valence-corrected chi connectivity index (χ0v) is 13.5. The summed E-state index contributed by atoms with van der Waals surface area (Å²) < 4.78 is 32.4. The summed E-state index contributed by atoms with van der Waals surface area (Å²) in [5, 5.41) is 4.27. The van der Waals surface area contributed by atoms with Crippen LogP contribution in [0.1, 0.15) is 25.6 Å². The van der Waals surface area contributed by atoms with Crippen LogP contribution in [0.5, 0.6) is 0 Å². The topological polar surface area (TPSA) is 81.7 Å². The Balaban J connectivity index is 2.70. The van der Waals surface area contributed by atoms with Crippen LogP contribution in [-0.2, 0) is 25.5 Å². The summed E-state index contributed by atoms with van der Waals surface area (Å²) in [7, 11) is -3.68. The average Bonchev–Trinajstić information content (AvgIpc) is 2.63. The summed E-state index contributed by atoms with van der Waals surface area (Å²) in [6.45, 7) is 5.16. The highest BCUT2D eigenvalue weighted by molar-refractivity contribution is 7.86. The number of nitrogens with one attached hydrogen (secondary N) is 1. The molecule has 0 aromatic carbocycles. The van der Waals surface area contributed by atoms with E-state index in [0.29, 0.717) is 0 Å². The highest BCUT2D eigenvalue weighted by Crippen LogP contribution is 2.14. The highest BCUT2D eigenvalue weighted by Gasteiger charge is 2.23. The van der Waals surface area contributed by atoms with Crippen LogP contribution in [0.15, 0.2) is 17.5 Å². The van der Waals surface area contributed by atoms with E-state index in [1.165, 1.54) is 11.3 Å². The SMILES string of the molecule is CC(C)(C)OC(=O)N[C@H](Cc1cccs1)OS(C)(=O)=O. The fourth-order valence-corrected chi connectivity index (χ4v) is 2.65. The molecular formula is C12H19NO5S2. The van der Waals surface area contributed by atoms with Gasteiger partial charge in [0.25, 0.3) is 10.1 Å². The predicted molar refractivity (Wildman–Crippen MR) is 77.1 cm³/mol. The quantitative estimate of drug-likeness (QED) is 0.663. The lowest BCUT2D eigenvalue weighted by atomic mass is 10.2. The van der Waals surface area contributed by atoms with Gasteiger partial charge in [-0.2, -0.15) is 8.42 Å². The molecule has 1 aromatic heterocycles. The molecule has 6 nitrogen and oxygen atoms in total. The van der Waals surface area contributed by atoms with E-state index in [1.54, 1.807) is 20.8 Å². The third-order valence-electron chi connectivity index (χ3n) is 1.94. The smallest absolute Gasteiger partial charge is 0.409 e. The lowest BCUT2D eigenvalue weighted by Gasteiger charge is -2.22. The first-order valence-corrected chi connectivity index (χ1v) is 8.65. The Morgan fingerprint density at radius 2 is 2.10 bits per heavy atom. The minimum atomic E-state index is -3.68. The number of rotatable bonds is 5. The molecule has 0 bridgehead atoms. The van der Waals surface area contributed by atoms with E-state index in [9.17, 15) is 13.2 Å². The number of alkyl carbamates (subject to hydrolysis) is 1. The van der Waals surface area contributed by atoms with Crippen molar-refractivity contribution >= 4 is 27.5 Å². The van der Waals surface area contributed by atoms with Crippen molar-refractivity contribution in [3.05, 3.63) is 22.4 Å². The fraction of sp³-hybridized carbons (Fsp3) is 0.583. The van der Waals surface area contributed by atoms with Crippen LogP contribution in [0.2, 0.25) is 0 Å². The van der Waals surface area contributed by atoms with Gasteiger partial charge in [0.15, 0.2) is 6.23 Å². The average molecular weight is 321 g/mol. The second-order valence-electron chi connectivity index (χ2n) is 5.22. The number of hydrogen-bond donors (Lipinski definition) is 1. The lowest BCUT2D eigenvalue weighted by molar-refractivity contribution is 0.0406. The molecule has 20 heavy (non-hydrogen) atoms. The van der Waals surface area contributed by atoms with E-state index in [1.807, 2.05) is 17.5 Å². The van der Waals surface area contributed by atoms with Crippen LogP contribution < -0.4 is 5.32 Å². The van der Waals surface area contributed by atoms with Gasteiger partial charge in [-0.3, -0.25) is 5.32 Å². The molecule has 0 spiro atoms. The molecule has 0 aliphatic heterocycles. The maximum atomic E-state index is 11.7. The van der Waals surface area contributed by atoms with E-state index < -0.39 is 28.0 Å². The Labute approximate surface area is 123 Å². The molecule has 1 rings (SSSR count). The van der Waals surface area contributed by atoms with Crippen molar-refractivity contribution in [1.29, 1.82) is 0 Å². The maximum Gasteiger partial charge on any atom is 0.409 e. The molecule has 0 unspecified atom stereocenters. The number of thiophene rings is 1. The van der Waals surface area contributed by atoms with Crippen LogP contribution in [-0.4, -0.2) is 32.6 Å². The van der Waals surface area contributed by atoms with Crippen LogP contribution in [0.25, 0.3) is 0 Å². The number of ether oxygens (including phenoxy) is 1. The number of carbonyl (C=O) groups is 1. The van der Waals surface area contributed by atoms with Gasteiger partial charge < -0.3 is 4.74 Å². The summed E-state index contributed by atoms with van der Waals surface area (Å²) in [6.07, 6.45) is -0.518. The van der Waals surface area contributed by atoms with Gasteiger partial charge in [0.2, 0.25) is 0 Å². The minimum absolute atomic E-state index is 0.254. The van der Waals surface area contributed by atoms with E-state index in [-0.39, 0.29) is 6.42 Å². The van der Waals surface area contributed by atoms with Gasteiger partial charge >= 0.3 is 6.09 Å². The van der Waals surface area contributed by atoms with E-state index >= 15 is 0 Å². The molecule has 0 fully saturated rings. The van der Waals surface area contributed by atoms with Crippen molar-refractivity contribution < 1.29 is 22.1 Å². The number of carbonyl (C=O) groups excluding carboxylic acids is 1. The van der Waals surface area contributed by atoms with Gasteiger partial charge in [0.1, 0.15) is 5.60 Å². The first-order valence-electron chi connectivity index (χ1n) is 5.95. The van der Waals surface area contributed by atoms with Crippen LogP contribution >= 0.6 is 11.3 Å². The molecule has 0 saturated carbocycles. The van der Waals surface area contributed by atoms with Gasteiger partial charge in [-0.15, -0.1) is 11.3 Å². The third-order valence-corrected chi connectivity index (χ3v) is 3.42. The number of amides is 1. The van der Waals surface area contributed by atoms with Crippen molar-refractivity contribution in [2.45, 2.75) is 39.0 Å². The van der Waals surface area contributed by atoms with Crippen molar-refractivity contribution in [3.63, 3.8) is 0 Å². The molecule has 1 amide bonds. The molecule has 0 aliphatic rings. The minimum Gasteiger partial charge on any atom is -0.444 e. The van der Waals surface area contributed by atoms with Gasteiger partial charge in [-0.1, -0.05) is 6.07 Å².